The third-order valence-corrected chi connectivity index (χ3v) is 4.78. The summed E-state index contributed by atoms with van der Waals surface area (Å²) in [6, 6.07) is 9.20. The van der Waals surface area contributed by atoms with E-state index in [2.05, 4.69) is 10.2 Å². The Hall–Kier alpha value is -3.35. The molecule has 1 N–H and O–H groups in total. The van der Waals surface area contributed by atoms with Crippen molar-refractivity contribution >= 4 is 11.8 Å². The summed E-state index contributed by atoms with van der Waals surface area (Å²) in [7, 11) is 0. The van der Waals surface area contributed by atoms with Gasteiger partial charge in [0.25, 0.3) is 11.8 Å². The third kappa shape index (κ3) is 3.62. The van der Waals surface area contributed by atoms with E-state index in [0.717, 1.165) is 17.5 Å². The van der Waals surface area contributed by atoms with Crippen molar-refractivity contribution in [2.45, 2.75) is 6.42 Å². The van der Waals surface area contributed by atoms with Gasteiger partial charge in [0.1, 0.15) is 6.26 Å². The van der Waals surface area contributed by atoms with Crippen LogP contribution < -0.4 is 0 Å². The van der Waals surface area contributed by atoms with Crippen LogP contribution in [-0.4, -0.2) is 58.0 Å². The molecular formula is C20H20N4O3. The van der Waals surface area contributed by atoms with Gasteiger partial charge >= 0.3 is 0 Å². The quantitative estimate of drug-likeness (QED) is 0.775. The van der Waals surface area contributed by atoms with Crippen molar-refractivity contribution in [2.24, 2.45) is 0 Å². The summed E-state index contributed by atoms with van der Waals surface area (Å²) >= 11 is 0. The Morgan fingerprint density at radius 2 is 1.74 bits per heavy atom. The summed E-state index contributed by atoms with van der Waals surface area (Å²) in [6.45, 7) is 2.28. The maximum atomic E-state index is 13.0. The van der Waals surface area contributed by atoms with Crippen molar-refractivity contribution in [3.63, 3.8) is 0 Å². The smallest absolute Gasteiger partial charge is 0.257 e. The van der Waals surface area contributed by atoms with E-state index >= 15 is 0 Å². The van der Waals surface area contributed by atoms with Gasteiger partial charge in [0, 0.05) is 43.5 Å². The molecule has 2 aromatic heterocycles. The number of rotatable bonds is 3. The van der Waals surface area contributed by atoms with Gasteiger partial charge in [0.15, 0.2) is 0 Å². The predicted molar refractivity (Wildman–Crippen MR) is 99.2 cm³/mol. The Bertz CT molecular complexity index is 919. The Morgan fingerprint density at radius 3 is 2.41 bits per heavy atom. The number of nitrogens with one attached hydrogen (secondary N) is 1. The average Bonchev–Trinajstić information content (AvgIpc) is 3.38. The van der Waals surface area contributed by atoms with E-state index in [4.69, 9.17) is 4.42 Å². The monoisotopic (exact) mass is 364 g/mol. The number of carbonyl (C=O) groups is 2. The summed E-state index contributed by atoms with van der Waals surface area (Å²) in [6.07, 6.45) is 7.23. The van der Waals surface area contributed by atoms with Crippen LogP contribution in [0, 0.1) is 0 Å². The highest BCUT2D eigenvalue weighted by molar-refractivity contribution is 5.96. The lowest BCUT2D eigenvalue weighted by Crippen LogP contribution is -2.37. The van der Waals surface area contributed by atoms with E-state index in [1.807, 2.05) is 29.2 Å². The van der Waals surface area contributed by atoms with Crippen LogP contribution in [-0.2, 0) is 0 Å². The SMILES string of the molecule is O=C(c1ccoc1)N1CCCN(C(=O)c2cccc(-c3cn[nH]c3)c2)CC1. The first-order chi connectivity index (χ1) is 13.2. The van der Waals surface area contributed by atoms with E-state index in [1.54, 1.807) is 23.4 Å². The van der Waals surface area contributed by atoms with Gasteiger partial charge in [-0.2, -0.15) is 5.10 Å². The van der Waals surface area contributed by atoms with Crippen molar-refractivity contribution in [1.29, 1.82) is 0 Å². The number of benzene rings is 1. The zero-order valence-corrected chi connectivity index (χ0v) is 14.8. The molecule has 1 aliphatic rings. The normalized spacial score (nSPS) is 14.8. The first-order valence-corrected chi connectivity index (χ1v) is 8.92. The number of hydrogen-bond acceptors (Lipinski definition) is 4. The van der Waals surface area contributed by atoms with Gasteiger partial charge in [-0.15, -0.1) is 0 Å². The van der Waals surface area contributed by atoms with Gasteiger partial charge < -0.3 is 14.2 Å². The number of H-pyrrole nitrogens is 1. The van der Waals surface area contributed by atoms with Gasteiger partial charge in [-0.1, -0.05) is 12.1 Å². The van der Waals surface area contributed by atoms with Crippen molar-refractivity contribution in [1.82, 2.24) is 20.0 Å². The Balaban J connectivity index is 1.45. The molecule has 7 heteroatoms. The van der Waals surface area contributed by atoms with Crippen molar-refractivity contribution in [2.75, 3.05) is 26.2 Å². The first kappa shape index (κ1) is 17.1. The molecule has 2 amide bonds. The van der Waals surface area contributed by atoms with E-state index in [9.17, 15) is 9.59 Å². The largest absolute Gasteiger partial charge is 0.472 e. The minimum atomic E-state index is -0.0556. The molecule has 0 bridgehead atoms. The average molecular weight is 364 g/mol. The lowest BCUT2D eigenvalue weighted by Gasteiger charge is -2.22. The predicted octanol–water partition coefficient (Wildman–Crippen LogP) is 2.66. The van der Waals surface area contributed by atoms with Gasteiger partial charge in [-0.3, -0.25) is 14.7 Å². The van der Waals surface area contributed by atoms with Crippen LogP contribution in [0.25, 0.3) is 11.1 Å². The van der Waals surface area contributed by atoms with Gasteiger partial charge in [-0.25, -0.2) is 0 Å². The van der Waals surface area contributed by atoms with Gasteiger partial charge in [0.2, 0.25) is 0 Å². The second kappa shape index (κ2) is 7.49. The van der Waals surface area contributed by atoms with Crippen LogP contribution in [0.2, 0.25) is 0 Å². The molecule has 1 aliphatic heterocycles. The molecule has 27 heavy (non-hydrogen) atoms. The summed E-state index contributed by atoms with van der Waals surface area (Å²) < 4.78 is 5.00. The van der Waals surface area contributed by atoms with E-state index in [-0.39, 0.29) is 11.8 Å². The maximum Gasteiger partial charge on any atom is 0.257 e. The van der Waals surface area contributed by atoms with Crippen LogP contribution in [0.5, 0.6) is 0 Å². The van der Waals surface area contributed by atoms with Crippen LogP contribution in [0.3, 0.4) is 0 Å². The van der Waals surface area contributed by atoms with Crippen LogP contribution in [0.4, 0.5) is 0 Å². The highest BCUT2D eigenvalue weighted by Gasteiger charge is 2.24. The zero-order valence-electron chi connectivity index (χ0n) is 14.8. The Kier molecular flexibility index (Phi) is 4.74. The Morgan fingerprint density at radius 1 is 0.963 bits per heavy atom. The summed E-state index contributed by atoms with van der Waals surface area (Å²) in [4.78, 5) is 29.0. The van der Waals surface area contributed by atoms with Gasteiger partial charge in [0.05, 0.1) is 18.0 Å². The number of carbonyl (C=O) groups excluding carboxylic acids is 2. The van der Waals surface area contributed by atoms with E-state index in [0.29, 0.717) is 37.3 Å². The fraction of sp³-hybridized carbons (Fsp3) is 0.250. The molecule has 4 rings (SSSR count). The lowest BCUT2D eigenvalue weighted by atomic mass is 10.1. The Labute approximate surface area is 156 Å². The molecule has 0 saturated carbocycles. The van der Waals surface area contributed by atoms with E-state index in [1.165, 1.54) is 12.5 Å². The number of furan rings is 1. The van der Waals surface area contributed by atoms with Crippen molar-refractivity contribution < 1.29 is 14.0 Å². The highest BCUT2D eigenvalue weighted by Crippen LogP contribution is 2.20. The fourth-order valence-corrected chi connectivity index (χ4v) is 3.32. The lowest BCUT2D eigenvalue weighted by molar-refractivity contribution is 0.0718. The number of hydrogen-bond donors (Lipinski definition) is 1. The molecule has 138 valence electrons. The molecule has 3 aromatic rings. The highest BCUT2D eigenvalue weighted by atomic mass is 16.3. The molecule has 1 fully saturated rings. The summed E-state index contributed by atoms with van der Waals surface area (Å²) in [5, 5.41) is 6.74. The maximum absolute atomic E-state index is 13.0. The zero-order chi connectivity index (χ0) is 18.6. The van der Waals surface area contributed by atoms with Crippen molar-refractivity contribution in [3.05, 3.63) is 66.4 Å². The molecule has 1 saturated heterocycles. The number of aromatic nitrogens is 2. The second-order valence-corrected chi connectivity index (χ2v) is 6.52. The molecule has 7 nitrogen and oxygen atoms in total. The van der Waals surface area contributed by atoms with E-state index < -0.39 is 0 Å². The summed E-state index contributed by atoms with van der Waals surface area (Å²) in [5.74, 6) is -0.0713. The molecule has 0 radical (unpaired) electrons. The number of aromatic amines is 1. The fourth-order valence-electron chi connectivity index (χ4n) is 3.32. The molecule has 0 unspecified atom stereocenters. The van der Waals surface area contributed by atoms with Gasteiger partial charge in [-0.05, 0) is 30.2 Å². The van der Waals surface area contributed by atoms with Crippen LogP contribution in [0.1, 0.15) is 27.1 Å². The molecule has 3 heterocycles. The number of amides is 2. The minimum absolute atomic E-state index is 0.0158. The van der Waals surface area contributed by atoms with Crippen LogP contribution in [0.15, 0.2) is 59.7 Å². The second-order valence-electron chi connectivity index (χ2n) is 6.52. The van der Waals surface area contributed by atoms with Crippen molar-refractivity contribution in [3.8, 4) is 11.1 Å². The number of nitrogens with zero attached hydrogens (tertiary/aromatic N) is 3. The molecule has 0 atom stereocenters. The molecule has 1 aromatic carbocycles. The summed E-state index contributed by atoms with van der Waals surface area (Å²) in [5.41, 5.74) is 3.07. The third-order valence-electron chi connectivity index (χ3n) is 4.78. The topological polar surface area (TPSA) is 82.4 Å². The molecular weight excluding hydrogens is 344 g/mol. The first-order valence-electron chi connectivity index (χ1n) is 8.92. The molecule has 0 spiro atoms. The standard InChI is InChI=1S/C20H20N4O3/c25-19(16-4-1-3-15(11-16)18-12-21-22-13-18)23-6-2-7-24(9-8-23)20(26)17-5-10-27-14-17/h1,3-5,10-14H,2,6-9H2,(H,21,22). The minimum Gasteiger partial charge on any atom is -0.472 e. The molecule has 0 aliphatic carbocycles. The van der Waals surface area contributed by atoms with Crippen LogP contribution >= 0.6 is 0 Å².